The first kappa shape index (κ1) is 24.3. The highest BCUT2D eigenvalue weighted by Gasteiger charge is 2.27. The topological polar surface area (TPSA) is 82.1 Å². The Labute approximate surface area is 199 Å². The number of hydrogen-bond acceptors (Lipinski definition) is 5. The molecule has 1 amide bonds. The van der Waals surface area contributed by atoms with Crippen LogP contribution in [0.25, 0.3) is 0 Å². The summed E-state index contributed by atoms with van der Waals surface area (Å²) in [5.41, 5.74) is 5.31. The number of nitrogens with one attached hydrogen (secondary N) is 1. The highest BCUT2D eigenvalue weighted by atomic mass is 35.5. The lowest BCUT2D eigenvalue weighted by atomic mass is 10.2. The molecule has 0 aliphatic rings. The quantitative estimate of drug-likeness (QED) is 0.386. The Morgan fingerprint density at radius 2 is 1.64 bits per heavy atom. The van der Waals surface area contributed by atoms with E-state index in [1.807, 2.05) is 50.2 Å². The Hall–Kier alpha value is -3.36. The summed E-state index contributed by atoms with van der Waals surface area (Å²) in [6, 6.07) is 20.4. The maximum atomic E-state index is 13.3. The molecule has 9 heteroatoms. The zero-order valence-electron chi connectivity index (χ0n) is 18.6. The number of carbonyl (C=O) groups is 1. The molecule has 0 bridgehead atoms. The Balaban J connectivity index is 1.81. The van der Waals surface area contributed by atoms with Gasteiger partial charge in [0, 0.05) is 24.8 Å². The van der Waals surface area contributed by atoms with Crippen LogP contribution in [0.5, 0.6) is 0 Å². The molecule has 0 saturated carbocycles. The number of anilines is 2. The Morgan fingerprint density at radius 1 is 1.00 bits per heavy atom. The molecule has 0 saturated heterocycles. The van der Waals surface area contributed by atoms with Crippen LogP contribution in [0.4, 0.5) is 11.4 Å². The molecule has 3 aromatic rings. The van der Waals surface area contributed by atoms with E-state index in [2.05, 4.69) is 10.5 Å². The van der Waals surface area contributed by atoms with E-state index < -0.39 is 22.5 Å². The van der Waals surface area contributed by atoms with Crippen molar-refractivity contribution in [2.45, 2.75) is 11.8 Å². The molecule has 33 heavy (non-hydrogen) atoms. The fourth-order valence-corrected chi connectivity index (χ4v) is 4.58. The van der Waals surface area contributed by atoms with Crippen molar-refractivity contribution in [2.75, 3.05) is 29.8 Å². The van der Waals surface area contributed by atoms with Crippen molar-refractivity contribution in [1.82, 2.24) is 5.43 Å². The van der Waals surface area contributed by atoms with E-state index in [4.69, 9.17) is 11.6 Å². The molecule has 0 aliphatic heterocycles. The molecule has 3 aromatic carbocycles. The molecule has 172 valence electrons. The largest absolute Gasteiger partial charge is 0.378 e. The smallest absolute Gasteiger partial charge is 0.264 e. The molecular weight excluding hydrogens is 460 g/mol. The number of benzene rings is 3. The van der Waals surface area contributed by atoms with Crippen LogP contribution < -0.4 is 14.6 Å². The number of halogens is 1. The van der Waals surface area contributed by atoms with E-state index in [1.54, 1.807) is 30.3 Å². The van der Waals surface area contributed by atoms with Gasteiger partial charge in [-0.25, -0.2) is 13.8 Å². The van der Waals surface area contributed by atoms with Gasteiger partial charge in [-0.15, -0.1) is 0 Å². The van der Waals surface area contributed by atoms with Crippen molar-refractivity contribution < 1.29 is 13.2 Å². The van der Waals surface area contributed by atoms with Crippen LogP contribution in [0, 0.1) is 6.92 Å². The van der Waals surface area contributed by atoms with Gasteiger partial charge in [0.1, 0.15) is 6.54 Å². The second-order valence-electron chi connectivity index (χ2n) is 7.54. The summed E-state index contributed by atoms with van der Waals surface area (Å²) in [5.74, 6) is -0.590. The zero-order chi connectivity index (χ0) is 24.0. The van der Waals surface area contributed by atoms with Crippen LogP contribution in [0.15, 0.2) is 82.8 Å². The van der Waals surface area contributed by atoms with Crippen molar-refractivity contribution >= 4 is 45.1 Å². The molecular formula is C24H25ClN4O3S. The first-order valence-electron chi connectivity index (χ1n) is 10.1. The van der Waals surface area contributed by atoms with E-state index in [0.29, 0.717) is 5.02 Å². The lowest BCUT2D eigenvalue weighted by Gasteiger charge is -2.24. The van der Waals surface area contributed by atoms with Gasteiger partial charge in [0.15, 0.2) is 0 Å². The van der Waals surface area contributed by atoms with Crippen LogP contribution in [0.2, 0.25) is 5.02 Å². The number of hydrogen-bond donors (Lipinski definition) is 1. The minimum atomic E-state index is -4.01. The minimum Gasteiger partial charge on any atom is -0.378 e. The molecule has 0 atom stereocenters. The van der Waals surface area contributed by atoms with Gasteiger partial charge in [-0.05, 0) is 54.4 Å². The Morgan fingerprint density at radius 3 is 2.24 bits per heavy atom. The third-order valence-corrected chi connectivity index (χ3v) is 7.07. The number of hydrazone groups is 1. The maximum absolute atomic E-state index is 13.3. The molecule has 3 rings (SSSR count). The summed E-state index contributed by atoms with van der Waals surface area (Å²) in [6.07, 6.45) is 1.50. The molecule has 0 spiro atoms. The predicted octanol–water partition coefficient (Wildman–Crippen LogP) is 4.06. The van der Waals surface area contributed by atoms with Crippen LogP contribution >= 0.6 is 11.6 Å². The molecule has 0 fully saturated rings. The molecule has 1 N–H and O–H groups in total. The normalized spacial score (nSPS) is 11.4. The highest BCUT2D eigenvalue weighted by molar-refractivity contribution is 7.92. The second-order valence-corrected chi connectivity index (χ2v) is 9.81. The Bertz CT molecular complexity index is 1240. The molecule has 0 aliphatic carbocycles. The van der Waals surface area contributed by atoms with Crippen molar-refractivity contribution in [3.8, 4) is 0 Å². The number of rotatable bonds is 8. The van der Waals surface area contributed by atoms with E-state index in [9.17, 15) is 13.2 Å². The summed E-state index contributed by atoms with van der Waals surface area (Å²) in [7, 11) is -0.123. The van der Waals surface area contributed by atoms with E-state index >= 15 is 0 Å². The average Bonchev–Trinajstić information content (AvgIpc) is 2.80. The van der Waals surface area contributed by atoms with Crippen LogP contribution in [-0.2, 0) is 14.8 Å². The average molecular weight is 485 g/mol. The van der Waals surface area contributed by atoms with Gasteiger partial charge in [-0.2, -0.15) is 5.10 Å². The third-order valence-electron chi connectivity index (χ3n) is 4.87. The van der Waals surface area contributed by atoms with E-state index in [1.165, 1.54) is 24.4 Å². The summed E-state index contributed by atoms with van der Waals surface area (Å²) in [4.78, 5) is 14.7. The summed E-state index contributed by atoms with van der Waals surface area (Å²) in [5, 5.41) is 4.37. The van der Waals surface area contributed by atoms with Crippen molar-refractivity contribution in [2.24, 2.45) is 5.10 Å². The molecule has 0 radical (unpaired) electrons. The minimum absolute atomic E-state index is 0.0685. The number of sulfonamides is 1. The SMILES string of the molecule is Cc1ccc(N(CC(=O)NN=Cc2ccc(N(C)C)cc2)S(=O)(=O)c2ccccc2)cc1Cl. The fraction of sp³-hybridized carbons (Fsp3) is 0.167. The number of nitrogens with zero attached hydrogens (tertiary/aromatic N) is 3. The molecule has 7 nitrogen and oxygen atoms in total. The first-order valence-corrected chi connectivity index (χ1v) is 11.9. The van der Waals surface area contributed by atoms with Crippen LogP contribution in [0.1, 0.15) is 11.1 Å². The zero-order valence-corrected chi connectivity index (χ0v) is 20.1. The molecule has 0 unspecified atom stereocenters. The standard InChI is InChI=1S/C24H25ClN4O3S/c1-18-9-12-21(15-23(18)25)29(33(31,32)22-7-5-4-6-8-22)17-24(30)27-26-16-19-10-13-20(14-11-19)28(2)3/h4-16H,17H2,1-3H3,(H,27,30). The van der Waals surface area contributed by atoms with Crippen LogP contribution in [0.3, 0.4) is 0 Å². The first-order chi connectivity index (χ1) is 15.7. The number of aryl methyl sites for hydroxylation is 1. The summed E-state index contributed by atoms with van der Waals surface area (Å²) >= 11 is 6.22. The summed E-state index contributed by atoms with van der Waals surface area (Å²) in [6.45, 7) is 1.35. The molecule has 0 aromatic heterocycles. The second kappa shape index (κ2) is 10.5. The van der Waals surface area contributed by atoms with Crippen molar-refractivity contribution in [3.63, 3.8) is 0 Å². The van der Waals surface area contributed by atoms with E-state index in [0.717, 1.165) is 21.1 Å². The van der Waals surface area contributed by atoms with E-state index in [-0.39, 0.29) is 10.6 Å². The summed E-state index contributed by atoms with van der Waals surface area (Å²) < 4.78 is 27.6. The monoisotopic (exact) mass is 484 g/mol. The van der Waals surface area contributed by atoms with Crippen molar-refractivity contribution in [3.05, 3.63) is 88.9 Å². The van der Waals surface area contributed by atoms with Crippen LogP contribution in [-0.4, -0.2) is 41.2 Å². The third kappa shape index (κ3) is 6.12. The fourth-order valence-electron chi connectivity index (χ4n) is 2.97. The van der Waals surface area contributed by atoms with Gasteiger partial charge in [0.2, 0.25) is 0 Å². The van der Waals surface area contributed by atoms with Gasteiger partial charge in [-0.1, -0.05) is 48.0 Å². The lowest BCUT2D eigenvalue weighted by Crippen LogP contribution is -2.39. The highest BCUT2D eigenvalue weighted by Crippen LogP contribution is 2.27. The number of carbonyl (C=O) groups excluding carboxylic acids is 1. The Kier molecular flexibility index (Phi) is 7.73. The predicted molar refractivity (Wildman–Crippen MR) is 134 cm³/mol. The number of amides is 1. The van der Waals surface area contributed by atoms with Gasteiger partial charge in [-0.3, -0.25) is 9.10 Å². The maximum Gasteiger partial charge on any atom is 0.264 e. The van der Waals surface area contributed by atoms with Gasteiger partial charge in [0.25, 0.3) is 15.9 Å². The lowest BCUT2D eigenvalue weighted by molar-refractivity contribution is -0.119. The molecule has 0 heterocycles. The van der Waals surface area contributed by atoms with Gasteiger partial charge >= 0.3 is 0 Å². The van der Waals surface area contributed by atoms with Crippen molar-refractivity contribution in [1.29, 1.82) is 0 Å². The van der Waals surface area contributed by atoms with Gasteiger partial charge < -0.3 is 4.90 Å². The van der Waals surface area contributed by atoms with Gasteiger partial charge in [0.05, 0.1) is 16.8 Å².